The highest BCUT2D eigenvalue weighted by Crippen LogP contribution is 2.39. The highest BCUT2D eigenvalue weighted by atomic mass is 16.3. The Labute approximate surface area is 141 Å². The Morgan fingerprint density at radius 2 is 1.00 bits per heavy atom. The predicted molar refractivity (Wildman–Crippen MR) is 98.9 cm³/mol. The van der Waals surface area contributed by atoms with E-state index in [9.17, 15) is 5.11 Å². The fourth-order valence-electron chi connectivity index (χ4n) is 3.38. The van der Waals surface area contributed by atoms with E-state index in [0.29, 0.717) is 0 Å². The lowest BCUT2D eigenvalue weighted by Gasteiger charge is -2.31. The van der Waals surface area contributed by atoms with Crippen LogP contribution >= 0.6 is 0 Å². The smallest absolute Gasteiger partial charge is 0.141 e. The molecule has 0 heterocycles. The van der Waals surface area contributed by atoms with E-state index in [0.717, 1.165) is 27.5 Å². The summed E-state index contributed by atoms with van der Waals surface area (Å²) in [5, 5.41) is 14.1. The lowest BCUT2D eigenvalue weighted by molar-refractivity contribution is 0.127. The van der Waals surface area contributed by atoms with Gasteiger partial charge < -0.3 is 5.11 Å². The summed E-state index contributed by atoms with van der Waals surface area (Å²) in [4.78, 5) is 0. The molecule has 0 saturated carbocycles. The van der Waals surface area contributed by atoms with Gasteiger partial charge in [-0.25, -0.2) is 0 Å². The Bertz CT molecular complexity index is 914. The van der Waals surface area contributed by atoms with E-state index in [1.807, 2.05) is 84.9 Å². The first-order chi connectivity index (χ1) is 11.8. The number of fused-ring (bicyclic) bond motifs is 1. The molecule has 0 saturated heterocycles. The van der Waals surface area contributed by atoms with E-state index < -0.39 is 5.60 Å². The van der Waals surface area contributed by atoms with Gasteiger partial charge >= 0.3 is 0 Å². The Morgan fingerprint density at radius 3 is 1.62 bits per heavy atom. The molecule has 0 unspecified atom stereocenters. The number of aliphatic hydroxyl groups is 1. The first-order valence-electron chi connectivity index (χ1n) is 8.12. The van der Waals surface area contributed by atoms with Gasteiger partial charge in [0.1, 0.15) is 5.60 Å². The van der Waals surface area contributed by atoms with E-state index in [2.05, 4.69) is 18.2 Å². The minimum absolute atomic E-state index is 0.868. The molecule has 24 heavy (non-hydrogen) atoms. The highest BCUT2D eigenvalue weighted by Gasteiger charge is 2.34. The molecular formula is C23H18O. The van der Waals surface area contributed by atoms with Gasteiger partial charge in [0.25, 0.3) is 0 Å². The average Bonchev–Trinajstić information content (AvgIpc) is 2.68. The SMILES string of the molecule is OC(c1ccccc1)(c1ccccc1)c1cccc2ccccc12. The maximum atomic E-state index is 11.9. The summed E-state index contributed by atoms with van der Waals surface area (Å²) >= 11 is 0. The summed E-state index contributed by atoms with van der Waals surface area (Å²) in [6.07, 6.45) is 0. The second-order valence-electron chi connectivity index (χ2n) is 5.97. The van der Waals surface area contributed by atoms with Crippen molar-refractivity contribution >= 4 is 10.8 Å². The quantitative estimate of drug-likeness (QED) is 0.520. The van der Waals surface area contributed by atoms with Crippen LogP contribution in [0.2, 0.25) is 0 Å². The molecule has 4 rings (SSSR count). The summed E-state index contributed by atoms with van der Waals surface area (Å²) in [6.45, 7) is 0. The summed E-state index contributed by atoms with van der Waals surface area (Å²) < 4.78 is 0. The minimum Gasteiger partial charge on any atom is -0.376 e. The summed E-state index contributed by atoms with van der Waals surface area (Å²) in [6, 6.07) is 34.0. The van der Waals surface area contributed by atoms with E-state index in [-0.39, 0.29) is 0 Å². The molecule has 0 atom stereocenters. The second-order valence-corrected chi connectivity index (χ2v) is 5.97. The average molecular weight is 310 g/mol. The van der Waals surface area contributed by atoms with Gasteiger partial charge in [-0.15, -0.1) is 0 Å². The molecule has 0 aliphatic rings. The Morgan fingerprint density at radius 1 is 0.500 bits per heavy atom. The lowest BCUT2D eigenvalue weighted by Crippen LogP contribution is -2.29. The fraction of sp³-hybridized carbons (Fsp3) is 0.0435. The van der Waals surface area contributed by atoms with Crippen molar-refractivity contribution in [1.29, 1.82) is 0 Å². The van der Waals surface area contributed by atoms with Gasteiger partial charge in [0.15, 0.2) is 0 Å². The summed E-state index contributed by atoms with van der Waals surface area (Å²) in [7, 11) is 0. The van der Waals surface area contributed by atoms with E-state index >= 15 is 0 Å². The van der Waals surface area contributed by atoms with Crippen LogP contribution in [0.4, 0.5) is 0 Å². The van der Waals surface area contributed by atoms with Crippen LogP contribution in [0.25, 0.3) is 10.8 Å². The number of rotatable bonds is 3. The van der Waals surface area contributed by atoms with Gasteiger partial charge in [0.2, 0.25) is 0 Å². The third-order valence-corrected chi connectivity index (χ3v) is 4.56. The van der Waals surface area contributed by atoms with Crippen LogP contribution in [-0.2, 0) is 5.60 Å². The monoisotopic (exact) mass is 310 g/mol. The van der Waals surface area contributed by atoms with Crippen LogP contribution < -0.4 is 0 Å². The first-order valence-corrected chi connectivity index (χ1v) is 8.12. The van der Waals surface area contributed by atoms with Crippen LogP contribution in [0.3, 0.4) is 0 Å². The molecule has 0 aliphatic heterocycles. The van der Waals surface area contributed by atoms with Crippen molar-refractivity contribution in [1.82, 2.24) is 0 Å². The standard InChI is InChI=1S/C23H18O/c24-23(19-12-3-1-4-13-19,20-14-5-2-6-15-20)22-17-9-11-18-10-7-8-16-21(18)22/h1-17,24H. The molecule has 0 fully saturated rings. The van der Waals surface area contributed by atoms with Gasteiger partial charge in [-0.1, -0.05) is 103 Å². The molecule has 116 valence electrons. The number of hydrogen-bond acceptors (Lipinski definition) is 1. The molecule has 0 bridgehead atoms. The van der Waals surface area contributed by atoms with Crippen molar-refractivity contribution in [3.63, 3.8) is 0 Å². The molecule has 0 spiro atoms. The summed E-state index contributed by atoms with van der Waals surface area (Å²) in [5.74, 6) is 0. The number of benzene rings is 4. The molecule has 0 amide bonds. The van der Waals surface area contributed by atoms with E-state index in [1.54, 1.807) is 0 Å². The zero-order chi connectivity index (χ0) is 16.4. The molecule has 4 aromatic carbocycles. The second kappa shape index (κ2) is 5.95. The summed E-state index contributed by atoms with van der Waals surface area (Å²) in [5.41, 5.74) is 1.45. The third-order valence-electron chi connectivity index (χ3n) is 4.56. The topological polar surface area (TPSA) is 20.2 Å². The fourth-order valence-corrected chi connectivity index (χ4v) is 3.38. The molecule has 0 radical (unpaired) electrons. The molecular weight excluding hydrogens is 292 g/mol. The number of hydrogen-bond donors (Lipinski definition) is 1. The molecule has 1 nitrogen and oxygen atoms in total. The van der Waals surface area contributed by atoms with Crippen LogP contribution in [0.1, 0.15) is 16.7 Å². The van der Waals surface area contributed by atoms with E-state index in [1.165, 1.54) is 0 Å². The van der Waals surface area contributed by atoms with Crippen molar-refractivity contribution in [3.05, 3.63) is 120 Å². The molecule has 0 aliphatic carbocycles. The lowest BCUT2D eigenvalue weighted by atomic mass is 9.78. The normalized spacial score (nSPS) is 11.5. The van der Waals surface area contributed by atoms with Crippen molar-refractivity contribution in [2.45, 2.75) is 5.60 Å². The zero-order valence-electron chi connectivity index (χ0n) is 13.3. The van der Waals surface area contributed by atoms with Crippen molar-refractivity contribution in [3.8, 4) is 0 Å². The predicted octanol–water partition coefficient (Wildman–Crippen LogP) is 5.12. The molecule has 1 N–H and O–H groups in total. The van der Waals surface area contributed by atoms with Gasteiger partial charge in [-0.3, -0.25) is 0 Å². The third kappa shape index (κ3) is 2.31. The molecule has 4 aromatic rings. The van der Waals surface area contributed by atoms with Crippen molar-refractivity contribution < 1.29 is 5.11 Å². The maximum absolute atomic E-state index is 11.9. The Balaban J connectivity index is 2.07. The Kier molecular flexibility index (Phi) is 3.64. The largest absolute Gasteiger partial charge is 0.376 e. The van der Waals surface area contributed by atoms with Gasteiger partial charge in [0.05, 0.1) is 0 Å². The molecule has 1 heteroatoms. The molecule has 0 aromatic heterocycles. The van der Waals surface area contributed by atoms with Crippen LogP contribution in [0.15, 0.2) is 103 Å². The Hall–Kier alpha value is -2.90. The maximum Gasteiger partial charge on any atom is 0.141 e. The van der Waals surface area contributed by atoms with Gasteiger partial charge in [0, 0.05) is 5.56 Å². The van der Waals surface area contributed by atoms with Gasteiger partial charge in [-0.2, -0.15) is 0 Å². The highest BCUT2D eigenvalue weighted by molar-refractivity contribution is 5.87. The first kappa shape index (κ1) is 14.7. The van der Waals surface area contributed by atoms with Crippen LogP contribution in [0, 0.1) is 0 Å². The van der Waals surface area contributed by atoms with Crippen molar-refractivity contribution in [2.75, 3.05) is 0 Å². The van der Waals surface area contributed by atoms with Gasteiger partial charge in [-0.05, 0) is 21.9 Å². The zero-order valence-corrected chi connectivity index (χ0v) is 13.3. The van der Waals surface area contributed by atoms with Crippen LogP contribution in [0.5, 0.6) is 0 Å². The van der Waals surface area contributed by atoms with Crippen molar-refractivity contribution in [2.24, 2.45) is 0 Å². The van der Waals surface area contributed by atoms with Crippen LogP contribution in [-0.4, -0.2) is 5.11 Å². The van der Waals surface area contributed by atoms with E-state index in [4.69, 9.17) is 0 Å². The minimum atomic E-state index is -1.19.